The first-order valence-electron chi connectivity index (χ1n) is 31.3. The van der Waals surface area contributed by atoms with E-state index in [1.807, 2.05) is 11.3 Å². The van der Waals surface area contributed by atoms with Gasteiger partial charge in [-0.15, -0.1) is 11.3 Å². The van der Waals surface area contributed by atoms with Crippen molar-refractivity contribution in [1.82, 2.24) is 0 Å². The van der Waals surface area contributed by atoms with Gasteiger partial charge in [0, 0.05) is 54.5 Å². The number of anilines is 6. The lowest BCUT2D eigenvalue weighted by Crippen LogP contribution is -2.64. The first-order chi connectivity index (χ1) is 39.0. The number of hydrogen-bond donors (Lipinski definition) is 0. The number of thiophene rings is 1. The number of fused-ring (bicyclic) bond motifs is 11. The summed E-state index contributed by atoms with van der Waals surface area (Å²) in [5.41, 5.74) is 27.3. The maximum Gasteiger partial charge on any atom is 0.247 e. The molecule has 8 aromatic carbocycles. The topological polar surface area (TPSA) is 6.48 Å². The van der Waals surface area contributed by atoms with E-state index in [1.54, 1.807) is 16.6 Å². The molecule has 1 aromatic heterocycles. The van der Waals surface area contributed by atoms with E-state index in [2.05, 4.69) is 251 Å². The average molecular weight is 1090 g/mol. The summed E-state index contributed by atoms with van der Waals surface area (Å²) in [5, 5.41) is 2.66. The molecule has 82 heavy (non-hydrogen) atoms. The van der Waals surface area contributed by atoms with Crippen LogP contribution >= 0.6 is 11.3 Å². The van der Waals surface area contributed by atoms with E-state index in [4.69, 9.17) is 0 Å². The van der Waals surface area contributed by atoms with E-state index in [-0.39, 0.29) is 50.5 Å². The summed E-state index contributed by atoms with van der Waals surface area (Å²) < 4.78 is 2.66. The molecule has 3 heterocycles. The molecule has 4 heteroatoms. The van der Waals surface area contributed by atoms with Crippen LogP contribution in [0.2, 0.25) is 0 Å². The lowest BCUT2D eigenvalue weighted by atomic mass is 9.29. The van der Waals surface area contributed by atoms with Crippen molar-refractivity contribution in [2.45, 2.75) is 186 Å². The Morgan fingerprint density at radius 3 is 1.76 bits per heavy atom. The second-order valence-electron chi connectivity index (χ2n) is 30.6. The molecule has 1 saturated carbocycles. The van der Waals surface area contributed by atoms with Crippen LogP contribution in [0, 0.1) is 5.41 Å². The molecule has 0 bridgehead atoms. The van der Waals surface area contributed by atoms with E-state index >= 15 is 0 Å². The molecule has 15 rings (SSSR count). The smallest absolute Gasteiger partial charge is 0.247 e. The lowest BCUT2D eigenvalue weighted by molar-refractivity contribution is 0.0602. The summed E-state index contributed by atoms with van der Waals surface area (Å²) in [6.07, 6.45) is 11.0. The molecule has 414 valence electrons. The molecule has 1 fully saturated rings. The van der Waals surface area contributed by atoms with Crippen molar-refractivity contribution in [3.8, 4) is 11.1 Å². The summed E-state index contributed by atoms with van der Waals surface area (Å²) >= 11 is 1.93. The first-order valence-corrected chi connectivity index (χ1v) is 32.1. The molecule has 0 saturated heterocycles. The minimum atomic E-state index is -0.0268. The van der Waals surface area contributed by atoms with Crippen LogP contribution in [0.1, 0.15) is 198 Å². The van der Waals surface area contributed by atoms with Crippen LogP contribution in [0.3, 0.4) is 0 Å². The van der Waals surface area contributed by atoms with Gasteiger partial charge in [0.2, 0.25) is 6.71 Å². The van der Waals surface area contributed by atoms with E-state index in [0.29, 0.717) is 0 Å². The Morgan fingerprint density at radius 2 is 1.09 bits per heavy atom. The number of rotatable bonds is 5. The molecule has 3 unspecified atom stereocenters. The standard InChI is InChI=1S/C78H83BN2S/c1-72(2,3)50-42-61-69-56(47-77(12)34-19-20-35-78(61,77)13)55-40-49(48-22-15-14-16-23-48)41-66-71(55)79(63(69)43-50)62-33-30-53(46-65(62)81(66)64-25-21-27-68-70(64)54-24-17-18-26-67(54)82-68)80(51-28-31-57-59(44-51)75(8,9)38-36-73(57,4)5)52-29-32-58-60(45-52)76(10,11)39-37-74(58,6)7/h14-18,21-33,40-46,56H,19-20,34-39,47H2,1-13H3. The number of benzene rings is 8. The molecule has 3 atom stereocenters. The van der Waals surface area contributed by atoms with Gasteiger partial charge >= 0.3 is 0 Å². The first kappa shape index (κ1) is 52.4. The fourth-order valence-corrected chi connectivity index (χ4v) is 18.5. The van der Waals surface area contributed by atoms with Gasteiger partial charge in [0.05, 0.1) is 5.69 Å². The molecule has 2 aliphatic heterocycles. The summed E-state index contributed by atoms with van der Waals surface area (Å²) in [6.45, 7) is 32.5. The van der Waals surface area contributed by atoms with Gasteiger partial charge in [-0.05, 0) is 210 Å². The highest BCUT2D eigenvalue weighted by Crippen LogP contribution is 2.63. The van der Waals surface area contributed by atoms with E-state index in [1.165, 1.54) is 168 Å². The Morgan fingerprint density at radius 1 is 0.488 bits per heavy atom. The summed E-state index contributed by atoms with van der Waals surface area (Å²) in [5.74, 6) is 0.288. The molecular weight excluding hydrogens is 1010 g/mol. The Hall–Kier alpha value is -6.36. The molecule has 9 aromatic rings. The zero-order chi connectivity index (χ0) is 56.8. The maximum absolute atomic E-state index is 2.77. The fraction of sp³-hybridized carbons (Fsp3) is 0.385. The minimum Gasteiger partial charge on any atom is -0.311 e. The van der Waals surface area contributed by atoms with Crippen LogP contribution in [-0.4, -0.2) is 6.71 Å². The van der Waals surface area contributed by atoms with Crippen LogP contribution in [0.25, 0.3) is 31.3 Å². The van der Waals surface area contributed by atoms with Crippen molar-refractivity contribution >= 4 is 88.7 Å². The molecular formula is C78H83BN2S. The maximum atomic E-state index is 2.77. The lowest BCUT2D eigenvalue weighted by Gasteiger charge is -2.59. The Balaban J connectivity index is 1.07. The number of nitrogens with zero attached hydrogens (tertiary/aromatic N) is 2. The zero-order valence-electron chi connectivity index (χ0n) is 51.3. The quantitative estimate of drug-likeness (QED) is 0.159. The van der Waals surface area contributed by atoms with Gasteiger partial charge in [0.1, 0.15) is 0 Å². The second kappa shape index (κ2) is 17.6. The van der Waals surface area contributed by atoms with Crippen LogP contribution in [0.15, 0.2) is 152 Å². The zero-order valence-corrected chi connectivity index (χ0v) is 52.1. The number of hydrogen-bond acceptors (Lipinski definition) is 3. The van der Waals surface area contributed by atoms with Crippen LogP contribution in [-0.2, 0) is 32.5 Å². The molecule has 6 aliphatic rings. The predicted molar refractivity (Wildman–Crippen MR) is 355 cm³/mol. The monoisotopic (exact) mass is 1090 g/mol. The highest BCUT2D eigenvalue weighted by atomic mass is 32.1. The van der Waals surface area contributed by atoms with Gasteiger partial charge in [0.25, 0.3) is 0 Å². The summed E-state index contributed by atoms with van der Waals surface area (Å²) in [7, 11) is 0. The van der Waals surface area contributed by atoms with Gasteiger partial charge in [-0.2, -0.15) is 0 Å². The summed E-state index contributed by atoms with van der Waals surface area (Å²) in [4.78, 5) is 5.42. The largest absolute Gasteiger partial charge is 0.311 e. The third-order valence-corrected chi connectivity index (χ3v) is 23.9. The normalized spacial score (nSPS) is 23.1. The third kappa shape index (κ3) is 7.57. The molecule has 2 nitrogen and oxygen atoms in total. The van der Waals surface area contributed by atoms with Crippen LogP contribution in [0.5, 0.6) is 0 Å². The van der Waals surface area contributed by atoms with Crippen molar-refractivity contribution in [2.75, 3.05) is 9.80 Å². The van der Waals surface area contributed by atoms with Crippen LogP contribution < -0.4 is 26.2 Å². The van der Waals surface area contributed by atoms with Gasteiger partial charge in [-0.1, -0.05) is 199 Å². The van der Waals surface area contributed by atoms with Gasteiger partial charge in [-0.3, -0.25) is 0 Å². The van der Waals surface area contributed by atoms with Crippen molar-refractivity contribution < 1.29 is 0 Å². The minimum absolute atomic E-state index is 0.0268. The van der Waals surface area contributed by atoms with E-state index in [0.717, 1.165) is 0 Å². The molecule has 0 spiro atoms. The van der Waals surface area contributed by atoms with Crippen molar-refractivity contribution in [3.05, 3.63) is 196 Å². The molecule has 0 N–H and O–H groups in total. The summed E-state index contributed by atoms with van der Waals surface area (Å²) in [6, 6.07) is 61.2. The predicted octanol–water partition coefficient (Wildman–Crippen LogP) is 20.2. The highest BCUT2D eigenvalue weighted by molar-refractivity contribution is 7.26. The SMILES string of the molecule is CC(C)(C)c1cc2c3c(c1)C1(C)CCCCC1(C)CC3c1cc(-c3ccccc3)cc3c1B2c1ccc(N(c2ccc4c(c2)C(C)(C)CCC4(C)C)c2ccc4c(c2)C(C)(C)CCC4(C)C)cc1N3c1cccc2sc3ccccc3c12. The molecule has 4 aliphatic carbocycles. The Kier molecular flexibility index (Phi) is 11.3. The van der Waals surface area contributed by atoms with Crippen molar-refractivity contribution in [2.24, 2.45) is 5.41 Å². The Labute approximate surface area is 494 Å². The average Bonchev–Trinajstić information content (AvgIpc) is 2.77. The Bertz CT molecular complexity index is 4070. The fourth-order valence-electron chi connectivity index (χ4n) is 17.4. The van der Waals surface area contributed by atoms with Crippen molar-refractivity contribution in [1.29, 1.82) is 0 Å². The van der Waals surface area contributed by atoms with E-state index < -0.39 is 0 Å². The van der Waals surface area contributed by atoms with Crippen molar-refractivity contribution in [3.63, 3.8) is 0 Å². The van der Waals surface area contributed by atoms with Gasteiger partial charge in [-0.25, -0.2) is 0 Å². The highest BCUT2D eigenvalue weighted by Gasteiger charge is 2.57. The molecule has 0 radical (unpaired) electrons. The van der Waals surface area contributed by atoms with Gasteiger partial charge < -0.3 is 9.80 Å². The third-order valence-electron chi connectivity index (χ3n) is 22.8. The second-order valence-corrected chi connectivity index (χ2v) is 31.7. The molecule has 0 amide bonds. The van der Waals surface area contributed by atoms with Gasteiger partial charge in [0.15, 0.2) is 0 Å². The van der Waals surface area contributed by atoms with E-state index in [9.17, 15) is 0 Å². The van der Waals surface area contributed by atoms with Crippen LogP contribution in [0.4, 0.5) is 34.1 Å².